The van der Waals surface area contributed by atoms with Gasteiger partial charge < -0.3 is 15.5 Å². The Morgan fingerprint density at radius 3 is 2.71 bits per heavy atom. The number of aromatic hydroxyl groups is 1. The maximum Gasteiger partial charge on any atom is 0.138 e. The molecule has 0 aliphatic rings. The molecule has 0 fully saturated rings. The van der Waals surface area contributed by atoms with E-state index in [0.717, 1.165) is 18.5 Å². The minimum absolute atomic E-state index is 0.0446. The smallest absolute Gasteiger partial charge is 0.138 e. The number of nitrogens with one attached hydrogen (secondary N) is 1. The summed E-state index contributed by atoms with van der Waals surface area (Å²) in [7, 11) is 0. The molecule has 0 spiro atoms. The van der Waals surface area contributed by atoms with Gasteiger partial charge in [-0.2, -0.15) is 0 Å². The van der Waals surface area contributed by atoms with E-state index < -0.39 is 0 Å². The Bertz CT molecular complexity index is 366. The second-order valence-electron chi connectivity index (χ2n) is 4.99. The molecule has 0 unspecified atom stereocenters. The fourth-order valence-electron chi connectivity index (χ4n) is 1.63. The average Bonchev–Trinajstić information content (AvgIpc) is 2.24. The number of phenols is 1. The van der Waals surface area contributed by atoms with Crippen LogP contribution in [-0.4, -0.2) is 23.4 Å². The van der Waals surface area contributed by atoms with E-state index in [0.29, 0.717) is 11.6 Å². The van der Waals surface area contributed by atoms with E-state index in [1.165, 1.54) is 0 Å². The van der Waals surface area contributed by atoms with E-state index in [4.69, 9.17) is 16.7 Å². The predicted molar refractivity (Wildman–Crippen MR) is 70.3 cm³/mol. The number of aliphatic hydroxyl groups excluding tert-OH is 1. The molecule has 0 bridgehead atoms. The van der Waals surface area contributed by atoms with Gasteiger partial charge in [0.15, 0.2) is 0 Å². The molecule has 0 radical (unpaired) electrons. The second kappa shape index (κ2) is 6.24. The van der Waals surface area contributed by atoms with Crippen molar-refractivity contribution in [2.24, 2.45) is 5.41 Å². The first-order valence-corrected chi connectivity index (χ1v) is 6.12. The fraction of sp³-hybridized carbons (Fsp3) is 0.538. The molecule has 0 saturated heterocycles. The van der Waals surface area contributed by atoms with Crippen molar-refractivity contribution in [3.8, 4) is 5.75 Å². The van der Waals surface area contributed by atoms with E-state index in [1.54, 1.807) is 6.07 Å². The summed E-state index contributed by atoms with van der Waals surface area (Å²) in [6.07, 6.45) is 0.752. The number of rotatable bonds is 6. The van der Waals surface area contributed by atoms with Crippen LogP contribution >= 0.6 is 11.6 Å². The number of hydrogen-bond donors (Lipinski definition) is 3. The molecular formula is C13H20ClNO2. The predicted octanol–water partition coefficient (Wildman–Crippen LogP) is 2.54. The van der Waals surface area contributed by atoms with Crippen molar-refractivity contribution in [3.05, 3.63) is 28.8 Å². The van der Waals surface area contributed by atoms with Gasteiger partial charge in [0.2, 0.25) is 0 Å². The number of hydrogen-bond acceptors (Lipinski definition) is 3. The Labute approximate surface area is 107 Å². The highest BCUT2D eigenvalue weighted by Gasteiger charge is 2.16. The third-order valence-corrected chi connectivity index (χ3v) is 3.08. The minimum atomic E-state index is 0.0446. The molecule has 3 N–H and O–H groups in total. The van der Waals surface area contributed by atoms with E-state index >= 15 is 0 Å². The van der Waals surface area contributed by atoms with Gasteiger partial charge in [0.05, 0.1) is 5.02 Å². The molecule has 0 aliphatic heterocycles. The van der Waals surface area contributed by atoms with Gasteiger partial charge in [-0.05, 0) is 17.9 Å². The summed E-state index contributed by atoms with van der Waals surface area (Å²) in [5, 5.41) is 22.3. The highest BCUT2D eigenvalue weighted by Crippen LogP contribution is 2.27. The molecule has 96 valence electrons. The summed E-state index contributed by atoms with van der Waals surface area (Å²) in [5.74, 6) is 0.140. The highest BCUT2D eigenvalue weighted by atomic mass is 35.5. The van der Waals surface area contributed by atoms with Crippen molar-refractivity contribution >= 4 is 11.6 Å². The van der Waals surface area contributed by atoms with Gasteiger partial charge >= 0.3 is 0 Å². The SMILES string of the molecule is CC(C)(CCO)CNCc1cccc(Cl)c1O. The Hall–Kier alpha value is -0.770. The van der Waals surface area contributed by atoms with E-state index in [2.05, 4.69) is 19.2 Å². The normalized spacial score (nSPS) is 11.8. The van der Waals surface area contributed by atoms with Crippen molar-refractivity contribution < 1.29 is 10.2 Å². The van der Waals surface area contributed by atoms with E-state index in [-0.39, 0.29) is 17.8 Å². The maximum atomic E-state index is 9.72. The number of para-hydroxylation sites is 1. The molecular weight excluding hydrogens is 238 g/mol. The van der Waals surface area contributed by atoms with Crippen LogP contribution in [0.2, 0.25) is 5.02 Å². The molecule has 0 aliphatic carbocycles. The molecule has 0 aromatic heterocycles. The molecule has 1 aromatic rings. The molecule has 1 rings (SSSR count). The Morgan fingerprint density at radius 1 is 1.35 bits per heavy atom. The third-order valence-electron chi connectivity index (χ3n) is 2.78. The first-order valence-electron chi connectivity index (χ1n) is 5.74. The van der Waals surface area contributed by atoms with E-state index in [1.807, 2.05) is 12.1 Å². The van der Waals surface area contributed by atoms with Gasteiger partial charge in [-0.15, -0.1) is 0 Å². The minimum Gasteiger partial charge on any atom is -0.506 e. The molecule has 0 amide bonds. The van der Waals surface area contributed by atoms with Crippen molar-refractivity contribution in [2.75, 3.05) is 13.2 Å². The lowest BCUT2D eigenvalue weighted by atomic mass is 9.90. The van der Waals surface area contributed by atoms with Gasteiger partial charge in [0.1, 0.15) is 5.75 Å². The maximum absolute atomic E-state index is 9.72. The second-order valence-corrected chi connectivity index (χ2v) is 5.40. The van der Waals surface area contributed by atoms with Crippen molar-refractivity contribution in [3.63, 3.8) is 0 Å². The zero-order valence-electron chi connectivity index (χ0n) is 10.3. The monoisotopic (exact) mass is 257 g/mol. The van der Waals surface area contributed by atoms with Crippen molar-refractivity contribution in [1.29, 1.82) is 0 Å². The van der Waals surface area contributed by atoms with Crippen LogP contribution in [0.25, 0.3) is 0 Å². The van der Waals surface area contributed by atoms with E-state index in [9.17, 15) is 5.11 Å². The van der Waals surface area contributed by atoms with Gasteiger partial charge in [0, 0.05) is 25.3 Å². The molecule has 0 heterocycles. The lowest BCUT2D eigenvalue weighted by Crippen LogP contribution is -2.29. The van der Waals surface area contributed by atoms with Crippen LogP contribution in [-0.2, 0) is 6.54 Å². The fourth-order valence-corrected chi connectivity index (χ4v) is 1.82. The molecule has 1 aromatic carbocycles. The summed E-state index contributed by atoms with van der Waals surface area (Å²) in [4.78, 5) is 0. The lowest BCUT2D eigenvalue weighted by molar-refractivity contribution is 0.207. The summed E-state index contributed by atoms with van der Waals surface area (Å²) in [6.45, 7) is 5.72. The van der Waals surface area contributed by atoms with Crippen LogP contribution in [0.15, 0.2) is 18.2 Å². The molecule has 17 heavy (non-hydrogen) atoms. The standard InChI is InChI=1S/C13H20ClNO2/c1-13(2,6-7-16)9-15-8-10-4-3-5-11(14)12(10)17/h3-5,15-17H,6-9H2,1-2H3. The van der Waals surface area contributed by atoms with Crippen LogP contribution in [0, 0.1) is 5.41 Å². The summed E-state index contributed by atoms with van der Waals surface area (Å²) < 4.78 is 0. The summed E-state index contributed by atoms with van der Waals surface area (Å²) >= 11 is 5.82. The topological polar surface area (TPSA) is 52.5 Å². The third kappa shape index (κ3) is 4.54. The Kier molecular flexibility index (Phi) is 5.25. The first kappa shape index (κ1) is 14.3. The van der Waals surface area contributed by atoms with Crippen LogP contribution in [0.1, 0.15) is 25.8 Å². The number of benzene rings is 1. The lowest BCUT2D eigenvalue weighted by Gasteiger charge is -2.24. The zero-order chi connectivity index (χ0) is 12.9. The average molecular weight is 258 g/mol. The van der Waals surface area contributed by atoms with Crippen LogP contribution in [0.3, 0.4) is 0 Å². The van der Waals surface area contributed by atoms with Gasteiger partial charge in [-0.1, -0.05) is 37.6 Å². The van der Waals surface area contributed by atoms with Crippen molar-refractivity contribution in [1.82, 2.24) is 5.32 Å². The highest BCUT2D eigenvalue weighted by molar-refractivity contribution is 6.32. The number of halogens is 1. The van der Waals surface area contributed by atoms with Crippen LogP contribution in [0.4, 0.5) is 0 Å². The first-order chi connectivity index (χ1) is 7.96. The molecule has 3 nitrogen and oxygen atoms in total. The molecule has 0 atom stereocenters. The van der Waals surface area contributed by atoms with Gasteiger partial charge in [-0.3, -0.25) is 0 Å². The van der Waals surface area contributed by atoms with Gasteiger partial charge in [0.25, 0.3) is 0 Å². The van der Waals surface area contributed by atoms with Crippen LogP contribution in [0.5, 0.6) is 5.75 Å². The Morgan fingerprint density at radius 2 is 2.06 bits per heavy atom. The van der Waals surface area contributed by atoms with Gasteiger partial charge in [-0.25, -0.2) is 0 Å². The molecule has 4 heteroatoms. The zero-order valence-corrected chi connectivity index (χ0v) is 11.1. The number of phenolic OH excluding ortho intramolecular Hbond substituents is 1. The summed E-state index contributed by atoms with van der Waals surface area (Å²) in [6, 6.07) is 5.32. The Balaban J connectivity index is 2.49. The largest absolute Gasteiger partial charge is 0.506 e. The summed E-state index contributed by atoms with van der Waals surface area (Å²) in [5.41, 5.74) is 0.834. The van der Waals surface area contributed by atoms with Crippen LogP contribution < -0.4 is 5.32 Å². The van der Waals surface area contributed by atoms with Crippen molar-refractivity contribution in [2.45, 2.75) is 26.8 Å². The molecule has 0 saturated carbocycles. The quantitative estimate of drug-likeness (QED) is 0.734. The number of aliphatic hydroxyl groups is 1.